The average molecular weight is 226 g/mol. The molecule has 0 aliphatic heterocycles. The fraction of sp³-hybridized carbons (Fsp3) is 1.00. The Bertz CT molecular complexity index is 189. The van der Waals surface area contributed by atoms with E-state index in [1.54, 1.807) is 0 Å². The molecule has 1 saturated carbocycles. The van der Waals surface area contributed by atoms with E-state index < -0.39 is 0 Å². The fourth-order valence-electron chi connectivity index (χ4n) is 3.37. The summed E-state index contributed by atoms with van der Waals surface area (Å²) in [5, 5.41) is 0. The van der Waals surface area contributed by atoms with Crippen molar-refractivity contribution in [1.29, 1.82) is 0 Å². The van der Waals surface area contributed by atoms with Gasteiger partial charge in [-0.25, -0.2) is 0 Å². The first-order valence-electron chi connectivity index (χ1n) is 7.10. The van der Waals surface area contributed by atoms with E-state index in [9.17, 15) is 0 Å². The first-order valence-corrected chi connectivity index (χ1v) is 7.10. The zero-order chi connectivity index (χ0) is 12.1. The SMILES string of the molecule is CCC(CC)C(NN)C1CCC(C)C(C)C1. The van der Waals surface area contributed by atoms with Crippen molar-refractivity contribution in [3.8, 4) is 0 Å². The number of hydrogen-bond acceptors (Lipinski definition) is 2. The Morgan fingerprint density at radius 2 is 1.75 bits per heavy atom. The molecule has 0 bridgehead atoms. The third kappa shape index (κ3) is 3.21. The van der Waals surface area contributed by atoms with Crippen LogP contribution in [0.15, 0.2) is 0 Å². The van der Waals surface area contributed by atoms with Gasteiger partial charge >= 0.3 is 0 Å². The Labute approximate surface area is 101 Å². The maximum Gasteiger partial charge on any atom is 0.0266 e. The highest BCUT2D eigenvalue weighted by Gasteiger charge is 2.32. The van der Waals surface area contributed by atoms with Crippen LogP contribution in [0.3, 0.4) is 0 Å². The normalized spacial score (nSPS) is 33.0. The van der Waals surface area contributed by atoms with Gasteiger partial charge in [-0.05, 0) is 36.5 Å². The zero-order valence-electron chi connectivity index (χ0n) is 11.5. The molecule has 0 heterocycles. The Morgan fingerprint density at radius 3 is 2.19 bits per heavy atom. The van der Waals surface area contributed by atoms with E-state index in [-0.39, 0.29) is 0 Å². The van der Waals surface area contributed by atoms with Gasteiger partial charge in [0.25, 0.3) is 0 Å². The van der Waals surface area contributed by atoms with Crippen LogP contribution >= 0.6 is 0 Å². The molecule has 1 aliphatic rings. The van der Waals surface area contributed by atoms with Gasteiger partial charge in [0, 0.05) is 6.04 Å². The van der Waals surface area contributed by atoms with Crippen molar-refractivity contribution in [3.63, 3.8) is 0 Å². The smallest absolute Gasteiger partial charge is 0.0266 e. The molecule has 4 atom stereocenters. The van der Waals surface area contributed by atoms with E-state index in [1.807, 2.05) is 0 Å². The molecule has 0 aromatic carbocycles. The standard InChI is InChI=1S/C14H30N2/c1-5-12(6-2)14(16-15)13-8-7-10(3)11(4)9-13/h10-14,16H,5-9,15H2,1-4H3. The molecule has 2 heteroatoms. The van der Waals surface area contributed by atoms with Gasteiger partial charge in [-0.3, -0.25) is 11.3 Å². The lowest BCUT2D eigenvalue weighted by molar-refractivity contribution is 0.137. The summed E-state index contributed by atoms with van der Waals surface area (Å²) >= 11 is 0. The molecule has 1 rings (SSSR count). The predicted molar refractivity (Wildman–Crippen MR) is 70.9 cm³/mol. The molecule has 3 N–H and O–H groups in total. The lowest BCUT2D eigenvalue weighted by atomic mass is 9.70. The molecule has 2 nitrogen and oxygen atoms in total. The van der Waals surface area contributed by atoms with Crippen molar-refractivity contribution < 1.29 is 0 Å². The van der Waals surface area contributed by atoms with Gasteiger partial charge < -0.3 is 0 Å². The fourth-order valence-corrected chi connectivity index (χ4v) is 3.37. The Balaban J connectivity index is 2.59. The summed E-state index contributed by atoms with van der Waals surface area (Å²) in [6.45, 7) is 9.36. The predicted octanol–water partition coefficient (Wildman–Crippen LogP) is 3.33. The second-order valence-electron chi connectivity index (χ2n) is 5.80. The number of nitrogens with two attached hydrogens (primary N) is 1. The summed E-state index contributed by atoms with van der Waals surface area (Å²) in [6.07, 6.45) is 6.57. The number of hydrogen-bond donors (Lipinski definition) is 2. The molecule has 16 heavy (non-hydrogen) atoms. The van der Waals surface area contributed by atoms with E-state index in [0.29, 0.717) is 6.04 Å². The molecule has 96 valence electrons. The Morgan fingerprint density at radius 1 is 1.12 bits per heavy atom. The molecule has 0 spiro atoms. The van der Waals surface area contributed by atoms with E-state index in [1.165, 1.54) is 32.1 Å². The van der Waals surface area contributed by atoms with Crippen LogP contribution in [0.1, 0.15) is 59.8 Å². The van der Waals surface area contributed by atoms with Gasteiger partial charge in [0.1, 0.15) is 0 Å². The molecule has 4 unspecified atom stereocenters. The van der Waals surface area contributed by atoms with Gasteiger partial charge in [-0.2, -0.15) is 0 Å². The van der Waals surface area contributed by atoms with Gasteiger partial charge in [-0.1, -0.05) is 47.0 Å². The van der Waals surface area contributed by atoms with Crippen LogP contribution < -0.4 is 11.3 Å². The van der Waals surface area contributed by atoms with Crippen LogP contribution in [0.25, 0.3) is 0 Å². The third-order valence-electron chi connectivity index (χ3n) is 4.90. The highest BCUT2D eigenvalue weighted by molar-refractivity contribution is 4.86. The minimum absolute atomic E-state index is 0.532. The minimum Gasteiger partial charge on any atom is -0.271 e. The number of rotatable bonds is 5. The van der Waals surface area contributed by atoms with Crippen LogP contribution in [0.5, 0.6) is 0 Å². The van der Waals surface area contributed by atoms with Gasteiger partial charge in [0.05, 0.1) is 0 Å². The molecule has 0 radical (unpaired) electrons. The van der Waals surface area contributed by atoms with Crippen LogP contribution in [-0.2, 0) is 0 Å². The lowest BCUT2D eigenvalue weighted by Crippen LogP contribution is -2.47. The Kier molecular flexibility index (Phi) is 5.77. The largest absolute Gasteiger partial charge is 0.271 e. The topological polar surface area (TPSA) is 38.0 Å². The summed E-state index contributed by atoms with van der Waals surface area (Å²) in [6, 6.07) is 0.532. The molecular weight excluding hydrogens is 196 g/mol. The van der Waals surface area contributed by atoms with Gasteiger partial charge in [-0.15, -0.1) is 0 Å². The summed E-state index contributed by atoms with van der Waals surface area (Å²) < 4.78 is 0. The zero-order valence-corrected chi connectivity index (χ0v) is 11.5. The van der Waals surface area contributed by atoms with Crippen LogP contribution in [0.2, 0.25) is 0 Å². The molecule has 1 fully saturated rings. The maximum absolute atomic E-state index is 5.79. The lowest BCUT2D eigenvalue weighted by Gasteiger charge is -2.39. The van der Waals surface area contributed by atoms with Crippen molar-refractivity contribution >= 4 is 0 Å². The first-order chi connectivity index (χ1) is 7.63. The second-order valence-corrected chi connectivity index (χ2v) is 5.80. The molecule has 0 aromatic heterocycles. The summed E-state index contributed by atoms with van der Waals surface area (Å²) in [4.78, 5) is 0. The summed E-state index contributed by atoms with van der Waals surface area (Å²) in [7, 11) is 0. The summed E-state index contributed by atoms with van der Waals surface area (Å²) in [5.74, 6) is 9.09. The van der Waals surface area contributed by atoms with Crippen molar-refractivity contribution in [2.45, 2.75) is 65.8 Å². The number of hydrazine groups is 1. The highest BCUT2D eigenvalue weighted by Crippen LogP contribution is 2.37. The highest BCUT2D eigenvalue weighted by atomic mass is 15.2. The first kappa shape index (κ1) is 14.0. The quantitative estimate of drug-likeness (QED) is 0.557. The van der Waals surface area contributed by atoms with Crippen molar-refractivity contribution in [2.24, 2.45) is 29.5 Å². The molecular formula is C14H30N2. The number of nitrogens with one attached hydrogen (secondary N) is 1. The second kappa shape index (κ2) is 6.61. The van der Waals surface area contributed by atoms with Gasteiger partial charge in [0.2, 0.25) is 0 Å². The van der Waals surface area contributed by atoms with Crippen molar-refractivity contribution in [1.82, 2.24) is 5.43 Å². The monoisotopic (exact) mass is 226 g/mol. The van der Waals surface area contributed by atoms with Crippen molar-refractivity contribution in [2.75, 3.05) is 0 Å². The van der Waals surface area contributed by atoms with Crippen LogP contribution in [-0.4, -0.2) is 6.04 Å². The van der Waals surface area contributed by atoms with E-state index >= 15 is 0 Å². The maximum atomic E-state index is 5.79. The summed E-state index contributed by atoms with van der Waals surface area (Å²) in [5.41, 5.74) is 3.11. The third-order valence-corrected chi connectivity index (χ3v) is 4.90. The van der Waals surface area contributed by atoms with Crippen LogP contribution in [0, 0.1) is 23.7 Å². The average Bonchev–Trinajstić information content (AvgIpc) is 2.29. The minimum atomic E-state index is 0.532. The molecule has 1 aliphatic carbocycles. The Hall–Kier alpha value is -0.0800. The van der Waals surface area contributed by atoms with Crippen LogP contribution in [0.4, 0.5) is 0 Å². The molecule has 0 amide bonds. The van der Waals surface area contributed by atoms with E-state index in [2.05, 4.69) is 33.1 Å². The molecule has 0 saturated heterocycles. The van der Waals surface area contributed by atoms with Gasteiger partial charge in [0.15, 0.2) is 0 Å². The van der Waals surface area contributed by atoms with E-state index in [4.69, 9.17) is 5.84 Å². The molecule has 0 aromatic rings. The van der Waals surface area contributed by atoms with Crippen molar-refractivity contribution in [3.05, 3.63) is 0 Å². The van der Waals surface area contributed by atoms with E-state index in [0.717, 1.165) is 23.7 Å².